The summed E-state index contributed by atoms with van der Waals surface area (Å²) in [5.41, 5.74) is 2.12. The number of amides is 1. The summed E-state index contributed by atoms with van der Waals surface area (Å²) >= 11 is 0. The molecule has 0 saturated carbocycles. The fourth-order valence-corrected chi connectivity index (χ4v) is 5.03. The second-order valence-electron chi connectivity index (χ2n) is 9.52. The lowest BCUT2D eigenvalue weighted by molar-refractivity contribution is 0.0486. The van der Waals surface area contributed by atoms with E-state index in [1.807, 2.05) is 13.1 Å². The van der Waals surface area contributed by atoms with Crippen LogP contribution in [0.5, 0.6) is 5.75 Å². The molecule has 4 heterocycles. The van der Waals surface area contributed by atoms with E-state index in [1.165, 1.54) is 44.1 Å². The number of aromatic nitrogens is 2. The van der Waals surface area contributed by atoms with Crippen molar-refractivity contribution in [2.24, 2.45) is 0 Å². The Hall–Kier alpha value is -3.04. The zero-order valence-corrected chi connectivity index (χ0v) is 20.2. The number of benzene rings is 1. The fraction of sp³-hybridized carbons (Fsp3) is 0.462. The lowest BCUT2D eigenvalue weighted by atomic mass is 10.1. The van der Waals surface area contributed by atoms with Crippen molar-refractivity contribution >= 4 is 11.6 Å². The minimum Gasteiger partial charge on any atom is -0.485 e. The maximum absolute atomic E-state index is 14.0. The Labute approximate surface area is 203 Å². The van der Waals surface area contributed by atoms with E-state index in [0.717, 1.165) is 25.2 Å². The highest BCUT2D eigenvalue weighted by Crippen LogP contribution is 2.26. The number of imidazole rings is 1. The highest BCUT2D eigenvalue weighted by Gasteiger charge is 2.32. The zero-order valence-electron chi connectivity index (χ0n) is 20.2. The van der Waals surface area contributed by atoms with Gasteiger partial charge in [0.1, 0.15) is 23.9 Å². The van der Waals surface area contributed by atoms with E-state index in [1.54, 1.807) is 17.4 Å². The molecule has 0 bridgehead atoms. The first-order chi connectivity index (χ1) is 16.9. The number of halogens is 2. The second kappa shape index (κ2) is 9.91. The van der Waals surface area contributed by atoms with E-state index in [-0.39, 0.29) is 18.1 Å². The molecule has 2 aliphatic rings. The van der Waals surface area contributed by atoms with Crippen molar-refractivity contribution in [1.82, 2.24) is 24.5 Å². The van der Waals surface area contributed by atoms with Crippen LogP contribution in [0.15, 0.2) is 30.5 Å². The molecule has 0 unspecified atom stereocenters. The topological polar surface area (TPSA) is 62.1 Å². The first-order valence-electron chi connectivity index (χ1n) is 12.2. The Balaban J connectivity index is 1.24. The number of rotatable bonds is 8. The molecule has 9 heteroatoms. The van der Waals surface area contributed by atoms with Gasteiger partial charge in [0.25, 0.3) is 5.91 Å². The number of likely N-dealkylation sites (tertiary alicyclic amines) is 2. The van der Waals surface area contributed by atoms with Gasteiger partial charge in [0, 0.05) is 38.4 Å². The highest BCUT2D eigenvalue weighted by molar-refractivity contribution is 5.95. The van der Waals surface area contributed by atoms with Crippen LogP contribution in [0, 0.1) is 25.5 Å². The minimum absolute atomic E-state index is 0.147. The Bertz CT molecular complexity index is 1210. The van der Waals surface area contributed by atoms with Gasteiger partial charge in [-0.15, -0.1) is 0 Å². The molecule has 2 saturated heterocycles. The molecular weight excluding hydrogens is 452 g/mol. The van der Waals surface area contributed by atoms with Gasteiger partial charge in [-0.1, -0.05) is 6.07 Å². The van der Waals surface area contributed by atoms with Gasteiger partial charge in [-0.05, 0) is 63.5 Å². The maximum atomic E-state index is 14.0. The number of carbonyl (C=O) groups is 1. The molecular formula is C26H31F2N5O2. The van der Waals surface area contributed by atoms with Crippen LogP contribution in [0.3, 0.4) is 0 Å². The molecule has 186 valence electrons. The molecule has 35 heavy (non-hydrogen) atoms. The molecule has 5 rings (SSSR count). The van der Waals surface area contributed by atoms with Gasteiger partial charge in [0.15, 0.2) is 11.4 Å². The number of hydrogen-bond acceptors (Lipinski definition) is 5. The molecule has 0 radical (unpaired) electrons. The van der Waals surface area contributed by atoms with Crippen molar-refractivity contribution in [1.29, 1.82) is 0 Å². The van der Waals surface area contributed by atoms with Crippen LogP contribution in [-0.2, 0) is 6.61 Å². The lowest BCUT2D eigenvalue weighted by Gasteiger charge is -2.44. The lowest BCUT2D eigenvalue weighted by Crippen LogP contribution is -2.59. The minimum atomic E-state index is -0.665. The fourth-order valence-electron chi connectivity index (χ4n) is 5.03. The Morgan fingerprint density at radius 2 is 1.89 bits per heavy atom. The molecule has 1 aromatic carbocycles. The van der Waals surface area contributed by atoms with Crippen LogP contribution in [-0.4, -0.2) is 70.4 Å². The summed E-state index contributed by atoms with van der Waals surface area (Å²) in [4.78, 5) is 22.5. The van der Waals surface area contributed by atoms with E-state index >= 15 is 0 Å². The normalized spacial score (nSPS) is 17.1. The van der Waals surface area contributed by atoms with Crippen molar-refractivity contribution in [3.05, 3.63) is 64.6 Å². The Morgan fingerprint density at radius 1 is 1.17 bits per heavy atom. The molecule has 1 amide bonds. The summed E-state index contributed by atoms with van der Waals surface area (Å²) in [7, 11) is 0. The number of nitrogens with zero attached hydrogens (tertiary/aromatic N) is 4. The van der Waals surface area contributed by atoms with Crippen LogP contribution in [0.4, 0.5) is 8.78 Å². The third-order valence-corrected chi connectivity index (χ3v) is 6.95. The van der Waals surface area contributed by atoms with Crippen molar-refractivity contribution in [2.75, 3.05) is 39.3 Å². The quantitative estimate of drug-likeness (QED) is 0.533. The van der Waals surface area contributed by atoms with E-state index in [2.05, 4.69) is 20.1 Å². The largest absolute Gasteiger partial charge is 0.485 e. The zero-order chi connectivity index (χ0) is 24.5. The van der Waals surface area contributed by atoms with Crippen molar-refractivity contribution in [3.63, 3.8) is 0 Å². The molecule has 0 aliphatic carbocycles. The SMILES string of the molecule is Cc1cc(OCc2c(F)cccc2F)c2nc(C)c(C(=O)NCCN3CC(N4CCCC4)C3)n2c1. The number of carbonyl (C=O) groups excluding carboxylic acids is 1. The van der Waals surface area contributed by atoms with Gasteiger partial charge in [-0.3, -0.25) is 19.0 Å². The van der Waals surface area contributed by atoms with Crippen LogP contribution < -0.4 is 10.1 Å². The van der Waals surface area contributed by atoms with Crippen molar-refractivity contribution in [2.45, 2.75) is 39.3 Å². The third-order valence-electron chi connectivity index (χ3n) is 6.95. The molecule has 0 atom stereocenters. The predicted octanol–water partition coefficient (Wildman–Crippen LogP) is 3.32. The smallest absolute Gasteiger partial charge is 0.270 e. The van der Waals surface area contributed by atoms with E-state index in [0.29, 0.717) is 35.4 Å². The summed E-state index contributed by atoms with van der Waals surface area (Å²) in [5.74, 6) is -1.17. The van der Waals surface area contributed by atoms with Crippen LogP contribution in [0.2, 0.25) is 0 Å². The monoisotopic (exact) mass is 483 g/mol. The number of nitrogens with one attached hydrogen (secondary N) is 1. The Kier molecular flexibility index (Phi) is 6.71. The maximum Gasteiger partial charge on any atom is 0.270 e. The number of ether oxygens (including phenoxy) is 1. The van der Waals surface area contributed by atoms with E-state index in [4.69, 9.17) is 4.74 Å². The average molecular weight is 484 g/mol. The van der Waals surface area contributed by atoms with Gasteiger partial charge in [-0.2, -0.15) is 0 Å². The van der Waals surface area contributed by atoms with Crippen LogP contribution in [0.1, 0.15) is 40.2 Å². The highest BCUT2D eigenvalue weighted by atomic mass is 19.1. The van der Waals surface area contributed by atoms with Crippen molar-refractivity contribution < 1.29 is 18.3 Å². The first kappa shape index (κ1) is 23.7. The van der Waals surface area contributed by atoms with Gasteiger partial charge < -0.3 is 10.1 Å². The summed E-state index contributed by atoms with van der Waals surface area (Å²) in [6.07, 6.45) is 4.42. The number of hydrogen-bond donors (Lipinski definition) is 1. The number of pyridine rings is 1. The second-order valence-corrected chi connectivity index (χ2v) is 9.52. The molecule has 7 nitrogen and oxygen atoms in total. The third kappa shape index (κ3) is 4.88. The van der Waals surface area contributed by atoms with E-state index in [9.17, 15) is 13.6 Å². The summed E-state index contributed by atoms with van der Waals surface area (Å²) in [5, 5.41) is 3.02. The number of fused-ring (bicyclic) bond motifs is 1. The molecule has 3 aromatic rings. The average Bonchev–Trinajstić information content (AvgIpc) is 3.42. The first-order valence-corrected chi connectivity index (χ1v) is 12.2. The van der Waals surface area contributed by atoms with E-state index < -0.39 is 11.6 Å². The number of aryl methyl sites for hydroxylation is 2. The molecule has 1 N–H and O–H groups in total. The molecule has 2 fully saturated rings. The van der Waals surface area contributed by atoms with Gasteiger partial charge in [0.05, 0.1) is 11.3 Å². The van der Waals surface area contributed by atoms with Gasteiger partial charge in [0.2, 0.25) is 0 Å². The summed E-state index contributed by atoms with van der Waals surface area (Å²) in [6, 6.07) is 6.12. The predicted molar refractivity (Wildman–Crippen MR) is 129 cm³/mol. The molecule has 0 spiro atoms. The van der Waals surface area contributed by atoms with Crippen molar-refractivity contribution in [3.8, 4) is 5.75 Å². The van der Waals surface area contributed by atoms with Gasteiger partial charge in [-0.25, -0.2) is 13.8 Å². The summed E-state index contributed by atoms with van der Waals surface area (Å²) < 4.78 is 35.5. The molecule has 2 aliphatic heterocycles. The van der Waals surface area contributed by atoms with Gasteiger partial charge >= 0.3 is 0 Å². The summed E-state index contributed by atoms with van der Waals surface area (Å²) in [6.45, 7) is 9.28. The van der Waals surface area contributed by atoms with Crippen LogP contribution in [0.25, 0.3) is 5.65 Å². The standard InChI is InChI=1S/C26H31F2N5O2/c1-17-12-23(35-16-20-21(27)6-5-7-22(20)28)25-30-18(2)24(33(25)13-17)26(34)29-8-11-31-14-19(15-31)32-9-3-4-10-32/h5-7,12-13,19H,3-4,8-11,14-16H2,1-2H3,(H,29,34). The van der Waals surface area contributed by atoms with Crippen LogP contribution >= 0.6 is 0 Å². The Morgan fingerprint density at radius 3 is 2.60 bits per heavy atom. The molecule has 2 aromatic heterocycles.